The third kappa shape index (κ3) is 6.83. The van der Waals surface area contributed by atoms with Gasteiger partial charge < -0.3 is 24.4 Å². The maximum atomic E-state index is 12.4. The maximum absolute atomic E-state index is 12.4. The molecule has 0 atom stereocenters. The van der Waals surface area contributed by atoms with Crippen LogP contribution in [0.5, 0.6) is 17.2 Å². The highest BCUT2D eigenvalue weighted by Gasteiger charge is 2.24. The first-order valence-electron chi connectivity index (χ1n) is 10.7. The molecule has 1 N–H and O–H groups in total. The van der Waals surface area contributed by atoms with Crippen LogP contribution in [-0.4, -0.2) is 71.0 Å². The molecule has 0 aromatic heterocycles. The maximum Gasteiger partial charge on any atom is 0.272 e. The van der Waals surface area contributed by atoms with E-state index in [0.717, 1.165) is 0 Å². The largest absolute Gasteiger partial charge is 0.508 e. The van der Waals surface area contributed by atoms with Gasteiger partial charge >= 0.3 is 0 Å². The number of hydrogen-bond donors (Lipinski definition) is 1. The molecule has 10 nitrogen and oxygen atoms in total. The molecule has 0 saturated carbocycles. The second-order valence-electron chi connectivity index (χ2n) is 7.66. The predicted molar refractivity (Wildman–Crippen MR) is 119 cm³/mol. The lowest BCUT2D eigenvalue weighted by atomic mass is 10.2. The third-order valence-electron chi connectivity index (χ3n) is 5.34. The highest BCUT2D eigenvalue weighted by molar-refractivity contribution is 5.78. The van der Waals surface area contributed by atoms with Gasteiger partial charge in [0.2, 0.25) is 11.8 Å². The lowest BCUT2D eigenvalue weighted by Crippen LogP contribution is -2.51. The Kier molecular flexibility index (Phi) is 8.06. The molecule has 176 valence electrons. The number of nitrogens with zero attached hydrogens (tertiary/aromatic N) is 3. The zero-order valence-electron chi connectivity index (χ0n) is 18.4. The molecule has 0 aliphatic carbocycles. The van der Waals surface area contributed by atoms with E-state index >= 15 is 0 Å². The quantitative estimate of drug-likeness (QED) is 0.453. The zero-order valence-corrected chi connectivity index (χ0v) is 18.4. The minimum Gasteiger partial charge on any atom is -0.508 e. The fourth-order valence-corrected chi connectivity index (χ4v) is 3.53. The van der Waals surface area contributed by atoms with Crippen molar-refractivity contribution in [3.63, 3.8) is 0 Å². The van der Waals surface area contributed by atoms with E-state index in [-0.39, 0.29) is 49.3 Å². The standard InChI is InChI=1S/C23H27N3O7/c1-17-15-20(5-6-21(17)26(30)31)33-14-8-23(29)25-11-9-24(10-12-25)22(28)7-13-32-19-4-2-3-18(27)16-19/h2-6,15-16,27H,7-14H2,1H3. The highest BCUT2D eigenvalue weighted by atomic mass is 16.6. The zero-order chi connectivity index (χ0) is 23.8. The van der Waals surface area contributed by atoms with E-state index in [1.807, 2.05) is 0 Å². The van der Waals surface area contributed by atoms with Gasteiger partial charge in [0, 0.05) is 43.9 Å². The number of amides is 2. The molecule has 1 saturated heterocycles. The van der Waals surface area contributed by atoms with Crippen molar-refractivity contribution in [3.05, 3.63) is 58.1 Å². The summed E-state index contributed by atoms with van der Waals surface area (Å²) in [6, 6.07) is 10.9. The number of aromatic hydroxyl groups is 1. The molecule has 2 amide bonds. The summed E-state index contributed by atoms with van der Waals surface area (Å²) in [5, 5.41) is 20.3. The monoisotopic (exact) mass is 457 g/mol. The summed E-state index contributed by atoms with van der Waals surface area (Å²) in [6.45, 7) is 3.83. The van der Waals surface area contributed by atoms with Crippen molar-refractivity contribution in [1.29, 1.82) is 0 Å². The van der Waals surface area contributed by atoms with Crippen LogP contribution in [0, 0.1) is 17.0 Å². The summed E-state index contributed by atoms with van der Waals surface area (Å²) in [5.41, 5.74) is 0.522. The molecular formula is C23H27N3O7. The first-order chi connectivity index (χ1) is 15.8. The summed E-state index contributed by atoms with van der Waals surface area (Å²) in [4.78, 5) is 38.7. The van der Waals surface area contributed by atoms with Crippen molar-refractivity contribution < 1.29 is 29.1 Å². The molecule has 10 heteroatoms. The molecule has 0 bridgehead atoms. The number of rotatable bonds is 9. The van der Waals surface area contributed by atoms with Crippen LogP contribution >= 0.6 is 0 Å². The van der Waals surface area contributed by atoms with E-state index in [1.54, 1.807) is 41.0 Å². The van der Waals surface area contributed by atoms with Gasteiger partial charge in [0.15, 0.2) is 0 Å². The normalized spacial score (nSPS) is 13.5. The lowest BCUT2D eigenvalue weighted by Gasteiger charge is -2.35. The fourth-order valence-electron chi connectivity index (χ4n) is 3.53. The summed E-state index contributed by atoms with van der Waals surface area (Å²) >= 11 is 0. The third-order valence-corrected chi connectivity index (χ3v) is 5.34. The predicted octanol–water partition coefficient (Wildman–Crippen LogP) is 2.52. The topological polar surface area (TPSA) is 122 Å². The van der Waals surface area contributed by atoms with Gasteiger partial charge in [-0.2, -0.15) is 0 Å². The van der Waals surface area contributed by atoms with E-state index in [9.17, 15) is 24.8 Å². The van der Waals surface area contributed by atoms with Crippen LogP contribution < -0.4 is 9.47 Å². The Morgan fingerprint density at radius 2 is 1.48 bits per heavy atom. The van der Waals surface area contributed by atoms with Gasteiger partial charge in [0.25, 0.3) is 5.69 Å². The number of piperazine rings is 1. The second-order valence-corrected chi connectivity index (χ2v) is 7.66. The van der Waals surface area contributed by atoms with Crippen LogP contribution in [0.15, 0.2) is 42.5 Å². The Bertz CT molecular complexity index is 1000. The summed E-state index contributed by atoms with van der Waals surface area (Å²) in [7, 11) is 0. The van der Waals surface area contributed by atoms with Crippen molar-refractivity contribution in [2.45, 2.75) is 19.8 Å². The molecule has 33 heavy (non-hydrogen) atoms. The van der Waals surface area contributed by atoms with Crippen LogP contribution in [0.3, 0.4) is 0 Å². The average Bonchev–Trinajstić information content (AvgIpc) is 2.79. The number of nitro benzene ring substituents is 1. The minimum absolute atomic E-state index is 0.0248. The number of carbonyl (C=O) groups is 2. The number of benzene rings is 2. The first kappa shape index (κ1) is 23.8. The Morgan fingerprint density at radius 3 is 1.97 bits per heavy atom. The second kappa shape index (κ2) is 11.2. The molecular weight excluding hydrogens is 430 g/mol. The molecule has 1 heterocycles. The summed E-state index contributed by atoms with van der Waals surface area (Å²) < 4.78 is 11.1. The molecule has 1 aliphatic rings. The SMILES string of the molecule is Cc1cc(OCCC(=O)N2CCN(C(=O)CCOc3cccc(O)c3)CC2)ccc1[N+](=O)[O-]. The van der Waals surface area contributed by atoms with Crippen molar-refractivity contribution in [2.75, 3.05) is 39.4 Å². The first-order valence-corrected chi connectivity index (χ1v) is 10.7. The molecule has 1 fully saturated rings. The van der Waals surface area contributed by atoms with Crippen LogP contribution in [0.1, 0.15) is 18.4 Å². The minimum atomic E-state index is -0.449. The molecule has 1 aliphatic heterocycles. The van der Waals surface area contributed by atoms with Crippen LogP contribution in [-0.2, 0) is 9.59 Å². The number of hydrogen-bond acceptors (Lipinski definition) is 7. The number of phenolic OH excluding ortho intramolecular Hbond substituents is 1. The van der Waals surface area contributed by atoms with E-state index in [2.05, 4.69) is 0 Å². The Hall–Kier alpha value is -3.82. The van der Waals surface area contributed by atoms with E-state index < -0.39 is 4.92 Å². The van der Waals surface area contributed by atoms with Crippen molar-refractivity contribution in [2.24, 2.45) is 0 Å². The van der Waals surface area contributed by atoms with Crippen molar-refractivity contribution >= 4 is 17.5 Å². The average molecular weight is 457 g/mol. The Balaban J connectivity index is 1.35. The highest BCUT2D eigenvalue weighted by Crippen LogP contribution is 2.23. The molecule has 0 spiro atoms. The van der Waals surface area contributed by atoms with Gasteiger partial charge in [-0.3, -0.25) is 19.7 Å². The number of aryl methyl sites for hydroxylation is 1. The Labute approximate surface area is 191 Å². The number of phenols is 1. The lowest BCUT2D eigenvalue weighted by molar-refractivity contribution is -0.385. The van der Waals surface area contributed by atoms with Crippen LogP contribution in [0.4, 0.5) is 5.69 Å². The summed E-state index contributed by atoms with van der Waals surface area (Å²) in [6.07, 6.45) is 0.397. The molecule has 2 aromatic rings. The van der Waals surface area contributed by atoms with E-state index in [0.29, 0.717) is 43.2 Å². The van der Waals surface area contributed by atoms with Gasteiger partial charge in [-0.25, -0.2) is 0 Å². The summed E-state index contributed by atoms with van der Waals surface area (Å²) in [5.74, 6) is 0.985. The van der Waals surface area contributed by atoms with Crippen molar-refractivity contribution in [1.82, 2.24) is 9.80 Å². The number of ether oxygens (including phenoxy) is 2. The van der Waals surface area contributed by atoms with Gasteiger partial charge in [-0.15, -0.1) is 0 Å². The van der Waals surface area contributed by atoms with E-state index in [4.69, 9.17) is 9.47 Å². The van der Waals surface area contributed by atoms with Gasteiger partial charge in [0.05, 0.1) is 31.0 Å². The Morgan fingerprint density at radius 1 is 0.939 bits per heavy atom. The van der Waals surface area contributed by atoms with E-state index in [1.165, 1.54) is 18.2 Å². The molecule has 2 aromatic carbocycles. The smallest absolute Gasteiger partial charge is 0.272 e. The van der Waals surface area contributed by atoms with Crippen LogP contribution in [0.25, 0.3) is 0 Å². The van der Waals surface area contributed by atoms with Crippen molar-refractivity contribution in [3.8, 4) is 17.2 Å². The van der Waals surface area contributed by atoms with Crippen LogP contribution in [0.2, 0.25) is 0 Å². The van der Waals surface area contributed by atoms with Gasteiger partial charge in [0.1, 0.15) is 17.2 Å². The van der Waals surface area contributed by atoms with Gasteiger partial charge in [-0.1, -0.05) is 6.07 Å². The molecule has 0 radical (unpaired) electrons. The van der Waals surface area contributed by atoms with Gasteiger partial charge in [-0.05, 0) is 31.2 Å². The molecule has 0 unspecified atom stereocenters. The number of carbonyl (C=O) groups excluding carboxylic acids is 2. The number of nitro groups is 1. The molecule has 3 rings (SSSR count). The fraction of sp³-hybridized carbons (Fsp3) is 0.391.